The number of aromatic nitrogens is 1. The van der Waals surface area contributed by atoms with Crippen LogP contribution in [0.5, 0.6) is 5.75 Å². The molecule has 39 heavy (non-hydrogen) atoms. The normalized spacial score (nSPS) is 14.7. The van der Waals surface area contributed by atoms with Gasteiger partial charge in [-0.2, -0.15) is 0 Å². The SMILES string of the molecule is CCOc1cncc(-c2ccc(CN3CCN(c4ccc(C(=O)NS(=O)(=O)C(C)(C)C)cc4)CC3)cc2F)c1. The Morgan fingerprint density at radius 3 is 2.33 bits per heavy atom. The molecule has 3 aromatic rings. The van der Waals surface area contributed by atoms with Crippen molar-refractivity contribution in [3.8, 4) is 16.9 Å². The lowest BCUT2D eigenvalue weighted by atomic mass is 10.0. The minimum Gasteiger partial charge on any atom is -0.492 e. The van der Waals surface area contributed by atoms with Crippen LogP contribution in [0.15, 0.2) is 60.9 Å². The van der Waals surface area contributed by atoms with E-state index in [1.807, 2.05) is 25.1 Å². The molecule has 0 atom stereocenters. The number of amides is 1. The predicted octanol–water partition coefficient (Wildman–Crippen LogP) is 4.47. The van der Waals surface area contributed by atoms with E-state index in [9.17, 15) is 17.6 Å². The summed E-state index contributed by atoms with van der Waals surface area (Å²) in [4.78, 5) is 21.1. The van der Waals surface area contributed by atoms with Crippen LogP contribution in [0, 0.1) is 5.82 Å². The molecular formula is C29H35FN4O4S. The van der Waals surface area contributed by atoms with E-state index < -0.39 is 20.7 Å². The summed E-state index contributed by atoms with van der Waals surface area (Å²) < 4.78 is 46.1. The van der Waals surface area contributed by atoms with Gasteiger partial charge in [-0.3, -0.25) is 14.7 Å². The molecule has 0 bridgehead atoms. The quantitative estimate of drug-likeness (QED) is 0.439. The summed E-state index contributed by atoms with van der Waals surface area (Å²) in [6, 6.07) is 14.0. The number of hydrogen-bond donors (Lipinski definition) is 1. The first-order valence-electron chi connectivity index (χ1n) is 13.0. The molecule has 0 spiro atoms. The highest BCUT2D eigenvalue weighted by molar-refractivity contribution is 7.91. The van der Waals surface area contributed by atoms with Crippen molar-refractivity contribution in [2.45, 2.75) is 39.0 Å². The number of carbonyl (C=O) groups excluding carboxylic acids is 1. The molecule has 1 aliphatic heterocycles. The smallest absolute Gasteiger partial charge is 0.264 e. The third kappa shape index (κ3) is 6.93. The van der Waals surface area contributed by atoms with Crippen LogP contribution in [-0.4, -0.2) is 61.7 Å². The van der Waals surface area contributed by atoms with E-state index >= 15 is 0 Å². The molecule has 1 amide bonds. The predicted molar refractivity (Wildman–Crippen MR) is 151 cm³/mol. The van der Waals surface area contributed by atoms with Crippen LogP contribution in [-0.2, 0) is 16.6 Å². The number of anilines is 1. The number of carbonyl (C=O) groups is 1. The van der Waals surface area contributed by atoms with Crippen LogP contribution in [0.25, 0.3) is 11.1 Å². The van der Waals surface area contributed by atoms with E-state index in [4.69, 9.17) is 4.74 Å². The number of ether oxygens (including phenoxy) is 1. The average Bonchev–Trinajstić information content (AvgIpc) is 2.89. The molecular weight excluding hydrogens is 519 g/mol. The Morgan fingerprint density at radius 2 is 1.72 bits per heavy atom. The summed E-state index contributed by atoms with van der Waals surface area (Å²) in [5.41, 5.74) is 3.32. The van der Waals surface area contributed by atoms with Gasteiger partial charge in [0.2, 0.25) is 10.0 Å². The van der Waals surface area contributed by atoms with Crippen molar-refractivity contribution in [1.29, 1.82) is 0 Å². The van der Waals surface area contributed by atoms with Gasteiger partial charge >= 0.3 is 0 Å². The zero-order valence-corrected chi connectivity index (χ0v) is 23.6. The van der Waals surface area contributed by atoms with Crippen molar-refractivity contribution in [1.82, 2.24) is 14.6 Å². The summed E-state index contributed by atoms with van der Waals surface area (Å²) in [5, 5.41) is 0. The number of rotatable bonds is 8. The van der Waals surface area contributed by atoms with Gasteiger partial charge in [0.15, 0.2) is 0 Å². The minimum absolute atomic E-state index is 0.288. The first kappa shape index (κ1) is 28.5. The molecule has 208 valence electrons. The third-order valence-corrected chi connectivity index (χ3v) is 8.74. The fourth-order valence-electron chi connectivity index (χ4n) is 4.28. The summed E-state index contributed by atoms with van der Waals surface area (Å²) >= 11 is 0. The van der Waals surface area contributed by atoms with E-state index in [0.29, 0.717) is 30.0 Å². The lowest BCUT2D eigenvalue weighted by molar-refractivity contribution is 0.0980. The van der Waals surface area contributed by atoms with E-state index in [-0.39, 0.29) is 11.4 Å². The third-order valence-electron chi connectivity index (χ3n) is 6.68. The Bertz CT molecular complexity index is 1410. The molecule has 1 N–H and O–H groups in total. The fourth-order valence-corrected chi connectivity index (χ4v) is 4.95. The Labute approximate surface area is 229 Å². The van der Waals surface area contributed by atoms with Crippen molar-refractivity contribution >= 4 is 21.6 Å². The maximum atomic E-state index is 15.0. The van der Waals surface area contributed by atoms with Gasteiger partial charge in [-0.1, -0.05) is 12.1 Å². The van der Waals surface area contributed by atoms with Crippen molar-refractivity contribution in [3.05, 3.63) is 77.9 Å². The number of sulfonamides is 1. The number of nitrogens with zero attached hydrogens (tertiary/aromatic N) is 3. The van der Waals surface area contributed by atoms with E-state index in [1.54, 1.807) is 42.7 Å². The van der Waals surface area contributed by atoms with Gasteiger partial charge in [-0.15, -0.1) is 0 Å². The molecule has 2 aromatic carbocycles. The number of hydrogen-bond acceptors (Lipinski definition) is 7. The molecule has 0 radical (unpaired) electrons. The van der Waals surface area contributed by atoms with Gasteiger partial charge in [0.05, 0.1) is 17.6 Å². The molecule has 1 fully saturated rings. The molecule has 8 nitrogen and oxygen atoms in total. The maximum absolute atomic E-state index is 15.0. The molecule has 0 aliphatic carbocycles. The van der Waals surface area contributed by atoms with Crippen LogP contribution in [0.3, 0.4) is 0 Å². The Morgan fingerprint density at radius 1 is 1.03 bits per heavy atom. The van der Waals surface area contributed by atoms with Gasteiger partial charge in [0.1, 0.15) is 11.6 Å². The first-order valence-corrected chi connectivity index (χ1v) is 14.5. The van der Waals surface area contributed by atoms with Crippen LogP contribution < -0.4 is 14.4 Å². The topological polar surface area (TPSA) is 91.8 Å². The fraction of sp³-hybridized carbons (Fsp3) is 0.379. The standard InChI is InChI=1S/C29H35FN4O4S/c1-5-38-25-17-23(18-31-19-25)26-11-6-21(16-27(26)30)20-33-12-14-34(15-13-33)24-9-7-22(8-10-24)28(35)32-39(36,37)29(2,3)4/h6-11,16-19H,5,12-15,20H2,1-4H3,(H,32,35). The van der Waals surface area contributed by atoms with E-state index in [0.717, 1.165) is 37.4 Å². The van der Waals surface area contributed by atoms with Gasteiger partial charge in [-0.05, 0) is 69.7 Å². The van der Waals surface area contributed by atoms with E-state index in [1.165, 1.54) is 20.8 Å². The van der Waals surface area contributed by atoms with Crippen LogP contribution in [0.1, 0.15) is 43.6 Å². The minimum atomic E-state index is -3.78. The number of nitrogens with one attached hydrogen (secondary N) is 1. The molecule has 1 aromatic heterocycles. The second kappa shape index (κ2) is 11.7. The van der Waals surface area contributed by atoms with Crippen molar-refractivity contribution in [2.75, 3.05) is 37.7 Å². The Kier molecular flexibility index (Phi) is 8.56. The lowest BCUT2D eigenvalue weighted by Crippen LogP contribution is -2.46. The Hall–Kier alpha value is -3.50. The highest BCUT2D eigenvalue weighted by atomic mass is 32.2. The van der Waals surface area contributed by atoms with Gasteiger partial charge < -0.3 is 9.64 Å². The molecule has 0 saturated carbocycles. The van der Waals surface area contributed by atoms with Crippen molar-refractivity contribution < 1.29 is 22.3 Å². The van der Waals surface area contributed by atoms with Gasteiger partial charge in [0, 0.05) is 61.3 Å². The number of piperazine rings is 1. The zero-order chi connectivity index (χ0) is 28.2. The van der Waals surface area contributed by atoms with Crippen LogP contribution >= 0.6 is 0 Å². The molecule has 4 rings (SSSR count). The second-order valence-corrected chi connectivity index (χ2v) is 12.9. The zero-order valence-electron chi connectivity index (χ0n) is 22.8. The maximum Gasteiger partial charge on any atom is 0.264 e. The van der Waals surface area contributed by atoms with E-state index in [2.05, 4.69) is 19.5 Å². The van der Waals surface area contributed by atoms with Gasteiger partial charge in [-0.25, -0.2) is 17.5 Å². The lowest BCUT2D eigenvalue weighted by Gasteiger charge is -2.36. The first-order chi connectivity index (χ1) is 18.5. The van der Waals surface area contributed by atoms with Crippen LogP contribution in [0.4, 0.5) is 10.1 Å². The highest BCUT2D eigenvalue weighted by Gasteiger charge is 2.31. The van der Waals surface area contributed by atoms with Crippen molar-refractivity contribution in [2.24, 2.45) is 0 Å². The molecule has 10 heteroatoms. The summed E-state index contributed by atoms with van der Waals surface area (Å²) in [6.07, 6.45) is 3.25. The van der Waals surface area contributed by atoms with Crippen LogP contribution in [0.2, 0.25) is 0 Å². The molecule has 2 heterocycles. The average molecular weight is 555 g/mol. The van der Waals surface area contributed by atoms with Crippen molar-refractivity contribution in [3.63, 3.8) is 0 Å². The molecule has 1 aliphatic rings. The summed E-state index contributed by atoms with van der Waals surface area (Å²) in [6.45, 7) is 10.8. The number of halogens is 1. The number of pyridine rings is 1. The monoisotopic (exact) mass is 554 g/mol. The molecule has 0 unspecified atom stereocenters. The Balaban J connectivity index is 1.32. The summed E-state index contributed by atoms with van der Waals surface area (Å²) in [7, 11) is -3.78. The van der Waals surface area contributed by atoms with Gasteiger partial charge in [0.25, 0.3) is 5.91 Å². The number of benzene rings is 2. The largest absolute Gasteiger partial charge is 0.492 e. The molecule has 1 saturated heterocycles. The second-order valence-electron chi connectivity index (χ2n) is 10.5. The summed E-state index contributed by atoms with van der Waals surface area (Å²) in [5.74, 6) is -0.318. The highest BCUT2D eigenvalue weighted by Crippen LogP contribution is 2.27.